The van der Waals surface area contributed by atoms with E-state index in [1.807, 2.05) is 43.5 Å². The van der Waals surface area contributed by atoms with E-state index in [1.54, 1.807) is 23.0 Å². The molecule has 2 heterocycles. The van der Waals surface area contributed by atoms with Crippen molar-refractivity contribution in [2.45, 2.75) is 13.3 Å². The molecule has 0 aliphatic heterocycles. The highest BCUT2D eigenvalue weighted by molar-refractivity contribution is 6.30. The maximum atomic E-state index is 12.1. The number of aromatic nitrogens is 3. The van der Waals surface area contributed by atoms with Crippen molar-refractivity contribution in [1.82, 2.24) is 20.1 Å². The molecule has 1 amide bonds. The summed E-state index contributed by atoms with van der Waals surface area (Å²) >= 11 is 5.85. The molecule has 0 aliphatic carbocycles. The molecule has 2 aromatic heterocycles. The van der Waals surface area contributed by atoms with Crippen LogP contribution in [0.25, 0.3) is 5.82 Å². The van der Waals surface area contributed by atoms with E-state index in [-0.39, 0.29) is 5.91 Å². The van der Waals surface area contributed by atoms with Gasteiger partial charge in [0.2, 0.25) is 0 Å². The summed E-state index contributed by atoms with van der Waals surface area (Å²) in [5.41, 5.74) is 2.57. The second-order valence-corrected chi connectivity index (χ2v) is 5.88. The number of pyridine rings is 1. The quantitative estimate of drug-likeness (QED) is 0.776. The van der Waals surface area contributed by atoms with Gasteiger partial charge in [-0.3, -0.25) is 4.79 Å². The number of carbonyl (C=O) groups is 1. The van der Waals surface area contributed by atoms with Gasteiger partial charge in [-0.15, -0.1) is 0 Å². The van der Waals surface area contributed by atoms with Gasteiger partial charge in [-0.2, -0.15) is 5.10 Å². The van der Waals surface area contributed by atoms with E-state index >= 15 is 0 Å². The summed E-state index contributed by atoms with van der Waals surface area (Å²) in [7, 11) is 0. The van der Waals surface area contributed by atoms with Crippen molar-refractivity contribution in [1.29, 1.82) is 0 Å². The lowest BCUT2D eigenvalue weighted by Crippen LogP contribution is -2.25. The highest BCUT2D eigenvalue weighted by Crippen LogP contribution is 2.10. The lowest BCUT2D eigenvalue weighted by Gasteiger charge is -2.06. The molecule has 0 spiro atoms. The molecular formula is C18H17ClN4O. The number of nitrogens with zero attached hydrogens (tertiary/aromatic N) is 3. The third-order valence-electron chi connectivity index (χ3n) is 3.58. The highest BCUT2D eigenvalue weighted by atomic mass is 35.5. The zero-order valence-electron chi connectivity index (χ0n) is 13.2. The molecule has 0 aliphatic rings. The second kappa shape index (κ2) is 7.27. The summed E-state index contributed by atoms with van der Waals surface area (Å²) in [6.45, 7) is 2.47. The van der Waals surface area contributed by atoms with Crippen LogP contribution in [0.5, 0.6) is 0 Å². The lowest BCUT2D eigenvalue weighted by atomic mass is 10.1. The first-order valence-corrected chi connectivity index (χ1v) is 8.01. The Morgan fingerprint density at radius 2 is 1.96 bits per heavy atom. The van der Waals surface area contributed by atoms with E-state index in [0.717, 1.165) is 17.7 Å². The summed E-state index contributed by atoms with van der Waals surface area (Å²) in [5, 5.41) is 7.89. The first-order chi connectivity index (χ1) is 11.6. The predicted octanol–water partition coefficient (Wildman–Crippen LogP) is 3.20. The molecule has 24 heavy (non-hydrogen) atoms. The van der Waals surface area contributed by atoms with Gasteiger partial charge in [-0.1, -0.05) is 23.7 Å². The molecule has 0 unspecified atom stereocenters. The number of carbonyl (C=O) groups excluding carboxylic acids is 1. The summed E-state index contributed by atoms with van der Waals surface area (Å²) in [5.74, 6) is 0.542. The molecule has 1 N–H and O–H groups in total. The van der Waals surface area contributed by atoms with E-state index in [0.29, 0.717) is 22.9 Å². The summed E-state index contributed by atoms with van der Waals surface area (Å²) in [6, 6.07) is 13.0. The fourth-order valence-corrected chi connectivity index (χ4v) is 2.40. The van der Waals surface area contributed by atoms with Gasteiger partial charge in [0, 0.05) is 24.0 Å². The Morgan fingerprint density at radius 1 is 1.17 bits per heavy atom. The SMILES string of the molecule is Cc1ccn(-c2ccc(C(=O)NCCc3ccc(Cl)cc3)cn2)n1. The Bertz CT molecular complexity index is 825. The van der Waals surface area contributed by atoms with E-state index in [2.05, 4.69) is 15.4 Å². The Balaban J connectivity index is 1.56. The van der Waals surface area contributed by atoms with Crippen LogP contribution in [0, 0.1) is 6.92 Å². The molecule has 0 saturated carbocycles. The Hall–Kier alpha value is -2.66. The van der Waals surface area contributed by atoms with Crippen LogP contribution >= 0.6 is 11.6 Å². The van der Waals surface area contributed by atoms with Crippen LogP contribution in [0.1, 0.15) is 21.6 Å². The van der Waals surface area contributed by atoms with Crippen molar-refractivity contribution >= 4 is 17.5 Å². The van der Waals surface area contributed by atoms with E-state index in [1.165, 1.54) is 0 Å². The Morgan fingerprint density at radius 3 is 2.58 bits per heavy atom. The minimum absolute atomic E-state index is 0.139. The largest absolute Gasteiger partial charge is 0.352 e. The zero-order chi connectivity index (χ0) is 16.9. The lowest BCUT2D eigenvalue weighted by molar-refractivity contribution is 0.0954. The summed E-state index contributed by atoms with van der Waals surface area (Å²) in [4.78, 5) is 16.4. The molecule has 6 heteroatoms. The van der Waals surface area contributed by atoms with Crippen LogP contribution in [0.2, 0.25) is 5.02 Å². The highest BCUT2D eigenvalue weighted by Gasteiger charge is 2.07. The maximum absolute atomic E-state index is 12.1. The second-order valence-electron chi connectivity index (χ2n) is 5.44. The third-order valence-corrected chi connectivity index (χ3v) is 3.83. The molecule has 5 nitrogen and oxygen atoms in total. The number of hydrogen-bond donors (Lipinski definition) is 1. The van der Waals surface area contributed by atoms with E-state index in [9.17, 15) is 4.79 Å². The molecule has 1 aromatic carbocycles. The number of hydrogen-bond acceptors (Lipinski definition) is 3. The van der Waals surface area contributed by atoms with Gasteiger partial charge >= 0.3 is 0 Å². The average molecular weight is 341 g/mol. The molecule has 0 atom stereocenters. The topological polar surface area (TPSA) is 59.8 Å². The van der Waals surface area contributed by atoms with Crippen LogP contribution < -0.4 is 5.32 Å². The van der Waals surface area contributed by atoms with Crippen LogP contribution in [0.3, 0.4) is 0 Å². The van der Waals surface area contributed by atoms with Gasteiger partial charge in [0.1, 0.15) is 0 Å². The van der Waals surface area contributed by atoms with Crippen molar-refractivity contribution in [2.75, 3.05) is 6.54 Å². The first kappa shape index (κ1) is 16.2. The first-order valence-electron chi connectivity index (χ1n) is 7.63. The molecule has 3 aromatic rings. The number of amides is 1. The fraction of sp³-hybridized carbons (Fsp3) is 0.167. The number of halogens is 1. The smallest absolute Gasteiger partial charge is 0.252 e. The minimum Gasteiger partial charge on any atom is -0.352 e. The van der Waals surface area contributed by atoms with Crippen molar-refractivity contribution in [2.24, 2.45) is 0 Å². The minimum atomic E-state index is -0.139. The number of rotatable bonds is 5. The summed E-state index contributed by atoms with van der Waals surface area (Å²) < 4.78 is 1.68. The molecule has 0 radical (unpaired) electrons. The van der Waals surface area contributed by atoms with E-state index in [4.69, 9.17) is 11.6 Å². The number of aryl methyl sites for hydroxylation is 1. The predicted molar refractivity (Wildman–Crippen MR) is 93.6 cm³/mol. The third kappa shape index (κ3) is 4.00. The fourth-order valence-electron chi connectivity index (χ4n) is 2.27. The number of benzene rings is 1. The van der Waals surface area contributed by atoms with Crippen LogP contribution in [-0.2, 0) is 6.42 Å². The van der Waals surface area contributed by atoms with Crippen LogP contribution in [0.4, 0.5) is 0 Å². The summed E-state index contributed by atoms with van der Waals surface area (Å²) in [6.07, 6.45) is 4.15. The van der Waals surface area contributed by atoms with Crippen molar-refractivity contribution in [3.63, 3.8) is 0 Å². The van der Waals surface area contributed by atoms with Crippen molar-refractivity contribution in [3.05, 3.63) is 76.7 Å². The van der Waals surface area contributed by atoms with Gasteiger partial charge in [-0.25, -0.2) is 9.67 Å². The molecule has 0 bridgehead atoms. The standard InChI is InChI=1S/C18H17ClN4O/c1-13-9-11-23(22-13)17-7-4-15(12-21-17)18(24)20-10-8-14-2-5-16(19)6-3-14/h2-7,9,11-12H,8,10H2,1H3,(H,20,24). The van der Waals surface area contributed by atoms with Gasteiger partial charge in [0.15, 0.2) is 5.82 Å². The maximum Gasteiger partial charge on any atom is 0.252 e. The van der Waals surface area contributed by atoms with Gasteiger partial charge < -0.3 is 5.32 Å². The molecule has 122 valence electrons. The normalized spacial score (nSPS) is 10.6. The molecule has 0 fully saturated rings. The van der Waals surface area contributed by atoms with Gasteiger partial charge in [0.05, 0.1) is 11.3 Å². The van der Waals surface area contributed by atoms with Crippen LogP contribution in [-0.4, -0.2) is 27.2 Å². The van der Waals surface area contributed by atoms with Crippen LogP contribution in [0.15, 0.2) is 54.9 Å². The zero-order valence-corrected chi connectivity index (χ0v) is 14.0. The monoisotopic (exact) mass is 340 g/mol. The Kier molecular flexibility index (Phi) is 4.91. The number of nitrogens with one attached hydrogen (secondary N) is 1. The van der Waals surface area contributed by atoms with Crippen molar-refractivity contribution in [3.8, 4) is 5.82 Å². The Labute approximate surface area is 145 Å². The molecule has 0 saturated heterocycles. The van der Waals surface area contributed by atoms with Crippen molar-refractivity contribution < 1.29 is 4.79 Å². The molecular weight excluding hydrogens is 324 g/mol. The average Bonchev–Trinajstić information content (AvgIpc) is 3.03. The van der Waals surface area contributed by atoms with E-state index < -0.39 is 0 Å². The molecule has 3 rings (SSSR count). The van der Waals surface area contributed by atoms with Gasteiger partial charge in [0.25, 0.3) is 5.91 Å². The van der Waals surface area contributed by atoms with Gasteiger partial charge in [-0.05, 0) is 49.2 Å².